The number of pyridine rings is 1. The molecular weight excluding hydrogens is 359 g/mol. The lowest BCUT2D eigenvalue weighted by Crippen LogP contribution is -1.92. The van der Waals surface area contributed by atoms with E-state index in [1.807, 2.05) is 23.9 Å². The fourth-order valence-corrected chi connectivity index (χ4v) is 3.62. The number of nitro groups is 1. The molecule has 3 aromatic heterocycles. The van der Waals surface area contributed by atoms with Crippen LogP contribution < -0.4 is 4.74 Å². The first kappa shape index (κ1) is 16.2. The van der Waals surface area contributed by atoms with Crippen LogP contribution in [0.3, 0.4) is 0 Å². The Balaban J connectivity index is 1.74. The Morgan fingerprint density at radius 2 is 2.04 bits per heavy atom. The van der Waals surface area contributed by atoms with Crippen molar-refractivity contribution >= 4 is 27.2 Å². The number of aryl methyl sites for hydroxylation is 1. The van der Waals surface area contributed by atoms with Crippen molar-refractivity contribution in [2.75, 3.05) is 0 Å². The molecule has 0 spiro atoms. The second kappa shape index (κ2) is 6.19. The molecule has 4 aromatic rings. The van der Waals surface area contributed by atoms with Crippen molar-refractivity contribution in [3.05, 3.63) is 64.9 Å². The molecule has 130 valence electrons. The number of thiophene rings is 1. The monoisotopic (exact) mass is 370 g/mol. The van der Waals surface area contributed by atoms with Gasteiger partial charge in [-0.2, -0.15) is 0 Å². The maximum absolute atomic E-state index is 14.1. The zero-order chi connectivity index (χ0) is 18.3. The van der Waals surface area contributed by atoms with Gasteiger partial charge < -0.3 is 9.30 Å². The summed E-state index contributed by atoms with van der Waals surface area (Å²) in [5.74, 6) is 0.328. The van der Waals surface area contributed by atoms with E-state index in [2.05, 4.69) is 9.97 Å². The van der Waals surface area contributed by atoms with E-state index >= 15 is 0 Å². The van der Waals surface area contributed by atoms with Gasteiger partial charge in [0.15, 0.2) is 11.6 Å². The molecule has 9 heteroatoms. The molecule has 7 nitrogen and oxygen atoms in total. The van der Waals surface area contributed by atoms with Crippen molar-refractivity contribution in [2.24, 2.45) is 7.05 Å². The Kier molecular flexibility index (Phi) is 3.85. The third-order valence-electron chi connectivity index (χ3n) is 3.76. The fourth-order valence-electron chi connectivity index (χ4n) is 2.51. The molecule has 0 saturated heterocycles. The van der Waals surface area contributed by atoms with Crippen LogP contribution in [0.2, 0.25) is 0 Å². The number of benzene rings is 1. The summed E-state index contributed by atoms with van der Waals surface area (Å²) in [7, 11) is 1.89. The van der Waals surface area contributed by atoms with Crippen LogP contribution in [0.25, 0.3) is 20.9 Å². The number of hydrogen-bond acceptors (Lipinski definition) is 6. The minimum atomic E-state index is -0.801. The van der Waals surface area contributed by atoms with Gasteiger partial charge in [-0.3, -0.25) is 15.1 Å². The van der Waals surface area contributed by atoms with Gasteiger partial charge in [-0.25, -0.2) is 9.37 Å². The predicted octanol–water partition coefficient (Wildman–Crippen LogP) is 4.54. The summed E-state index contributed by atoms with van der Waals surface area (Å²) < 4.78 is 22.4. The van der Waals surface area contributed by atoms with Crippen LogP contribution in [0.4, 0.5) is 10.1 Å². The number of nitrogens with zero attached hydrogens (tertiary/aromatic N) is 4. The molecule has 1 aromatic carbocycles. The third-order valence-corrected chi connectivity index (χ3v) is 4.90. The number of non-ortho nitro benzene ring substituents is 1. The summed E-state index contributed by atoms with van der Waals surface area (Å²) in [5, 5.41) is 10.7. The van der Waals surface area contributed by atoms with Crippen LogP contribution in [0.5, 0.6) is 11.5 Å². The predicted molar refractivity (Wildman–Crippen MR) is 95.0 cm³/mol. The first-order valence-corrected chi connectivity index (χ1v) is 8.32. The Morgan fingerprint density at radius 1 is 1.19 bits per heavy atom. The number of imidazole rings is 1. The van der Waals surface area contributed by atoms with Crippen molar-refractivity contribution in [1.82, 2.24) is 14.5 Å². The summed E-state index contributed by atoms with van der Waals surface area (Å²) in [6, 6.07) is 6.79. The normalized spacial score (nSPS) is 11.0. The lowest BCUT2D eigenvalue weighted by molar-refractivity contribution is -0.385. The number of fused-ring (bicyclic) bond motifs is 1. The molecule has 0 bridgehead atoms. The highest BCUT2D eigenvalue weighted by atomic mass is 32.1. The molecule has 0 N–H and O–H groups in total. The maximum atomic E-state index is 14.1. The number of halogens is 1. The van der Waals surface area contributed by atoms with E-state index in [9.17, 15) is 14.5 Å². The van der Waals surface area contributed by atoms with E-state index < -0.39 is 10.7 Å². The molecule has 0 aliphatic carbocycles. The maximum Gasteiger partial charge on any atom is 0.272 e. The van der Waals surface area contributed by atoms with Gasteiger partial charge in [0.2, 0.25) is 0 Å². The topological polar surface area (TPSA) is 83.1 Å². The van der Waals surface area contributed by atoms with Crippen LogP contribution in [-0.2, 0) is 7.05 Å². The summed E-state index contributed by atoms with van der Waals surface area (Å²) in [6.45, 7) is 0. The van der Waals surface area contributed by atoms with E-state index in [-0.39, 0.29) is 11.4 Å². The van der Waals surface area contributed by atoms with Gasteiger partial charge >= 0.3 is 0 Å². The van der Waals surface area contributed by atoms with Gasteiger partial charge in [-0.1, -0.05) is 0 Å². The second-order valence-electron chi connectivity index (χ2n) is 5.47. The van der Waals surface area contributed by atoms with E-state index in [1.54, 1.807) is 18.5 Å². The van der Waals surface area contributed by atoms with Crippen LogP contribution >= 0.6 is 11.3 Å². The van der Waals surface area contributed by atoms with Gasteiger partial charge in [0.05, 0.1) is 26.1 Å². The molecule has 0 fully saturated rings. The summed E-state index contributed by atoms with van der Waals surface area (Å²) in [6.07, 6.45) is 5.11. The van der Waals surface area contributed by atoms with Crippen molar-refractivity contribution < 1.29 is 14.1 Å². The SMILES string of the molecule is Cn1ccnc1-c1cc2nccc(Oc3ccc([N+](=O)[O-])cc3F)c2s1. The molecule has 0 aliphatic heterocycles. The Hall–Kier alpha value is -3.33. The van der Waals surface area contributed by atoms with Crippen LogP contribution in [0.1, 0.15) is 0 Å². The molecule has 0 atom stereocenters. The Morgan fingerprint density at radius 3 is 2.73 bits per heavy atom. The number of rotatable bonds is 4. The summed E-state index contributed by atoms with van der Waals surface area (Å²) in [5.41, 5.74) is 0.371. The first-order chi connectivity index (χ1) is 12.5. The highest BCUT2D eigenvalue weighted by molar-refractivity contribution is 7.22. The molecule has 4 rings (SSSR count). The summed E-state index contributed by atoms with van der Waals surface area (Å²) in [4.78, 5) is 19.6. The second-order valence-corrected chi connectivity index (χ2v) is 6.52. The molecule has 0 aliphatic rings. The van der Waals surface area contributed by atoms with E-state index in [4.69, 9.17) is 4.74 Å². The van der Waals surface area contributed by atoms with E-state index in [0.29, 0.717) is 11.3 Å². The highest BCUT2D eigenvalue weighted by Crippen LogP contribution is 2.39. The lowest BCUT2D eigenvalue weighted by atomic mass is 10.3. The number of ether oxygens (including phenoxy) is 1. The largest absolute Gasteiger partial charge is 0.453 e. The van der Waals surface area contributed by atoms with Gasteiger partial charge in [0.25, 0.3) is 5.69 Å². The van der Waals surface area contributed by atoms with Gasteiger partial charge in [-0.05, 0) is 12.1 Å². The Bertz CT molecular complexity index is 1140. The third kappa shape index (κ3) is 2.78. The average Bonchev–Trinajstić information content (AvgIpc) is 3.22. The molecule has 0 amide bonds. The summed E-state index contributed by atoms with van der Waals surface area (Å²) >= 11 is 1.43. The van der Waals surface area contributed by atoms with Crippen molar-refractivity contribution in [1.29, 1.82) is 0 Å². The van der Waals surface area contributed by atoms with Gasteiger partial charge in [-0.15, -0.1) is 11.3 Å². The molecule has 0 radical (unpaired) electrons. The number of aromatic nitrogens is 3. The van der Waals surface area contributed by atoms with E-state index in [1.165, 1.54) is 23.5 Å². The molecule has 26 heavy (non-hydrogen) atoms. The standard InChI is InChI=1S/C17H11FN4O3S/c1-21-7-6-20-17(21)15-9-12-16(26-15)14(4-5-19-12)25-13-3-2-10(22(23)24)8-11(13)18/h2-9H,1H3. The van der Waals surface area contributed by atoms with E-state index in [0.717, 1.165) is 21.5 Å². The Labute approximate surface area is 150 Å². The van der Waals surface area contributed by atoms with Crippen LogP contribution in [0.15, 0.2) is 48.9 Å². The van der Waals surface area contributed by atoms with Gasteiger partial charge in [0.1, 0.15) is 11.6 Å². The van der Waals surface area contributed by atoms with Crippen molar-refractivity contribution in [2.45, 2.75) is 0 Å². The number of hydrogen-bond donors (Lipinski definition) is 0. The smallest absolute Gasteiger partial charge is 0.272 e. The van der Waals surface area contributed by atoms with Crippen molar-refractivity contribution in [3.63, 3.8) is 0 Å². The quantitative estimate of drug-likeness (QED) is 0.389. The zero-order valence-electron chi connectivity index (χ0n) is 13.4. The molecule has 0 saturated carbocycles. The molecule has 3 heterocycles. The molecular formula is C17H11FN4O3S. The fraction of sp³-hybridized carbons (Fsp3) is 0.0588. The number of nitro benzene ring substituents is 1. The first-order valence-electron chi connectivity index (χ1n) is 7.51. The zero-order valence-corrected chi connectivity index (χ0v) is 14.2. The van der Waals surface area contributed by atoms with Crippen molar-refractivity contribution in [3.8, 4) is 22.2 Å². The average molecular weight is 370 g/mol. The van der Waals surface area contributed by atoms with Crippen LogP contribution in [0, 0.1) is 15.9 Å². The minimum absolute atomic E-state index is 0.0879. The van der Waals surface area contributed by atoms with Crippen LogP contribution in [-0.4, -0.2) is 19.5 Å². The molecule has 0 unspecified atom stereocenters. The highest BCUT2D eigenvalue weighted by Gasteiger charge is 2.16. The minimum Gasteiger partial charge on any atom is -0.453 e. The lowest BCUT2D eigenvalue weighted by Gasteiger charge is -2.07. The van der Waals surface area contributed by atoms with Gasteiger partial charge in [0, 0.05) is 37.8 Å².